The standard InChI is InChI=1S/C34H54O7/c1-19(35)40-22-17-33(8)24(30(5)16-13-21(26(22)30)29(3,4)39)11-12-25-31(6)14-10-15-32(7,28(37)38)27(31)23(41-20(2)36)18-34(25,33)9/h21-27,39H,10-18H2,1-9H3,(H,37,38)/t21-,22-,23-,24+,25+,26+,27+,30+,31+,32-,33+,34+/m0/s1. The van der Waals surface area contributed by atoms with Crippen molar-refractivity contribution in [2.75, 3.05) is 0 Å². The van der Waals surface area contributed by atoms with Gasteiger partial charge in [-0.15, -0.1) is 0 Å². The number of aliphatic carboxylic acids is 1. The summed E-state index contributed by atoms with van der Waals surface area (Å²) >= 11 is 0. The van der Waals surface area contributed by atoms with Crippen LogP contribution in [0.4, 0.5) is 0 Å². The van der Waals surface area contributed by atoms with Crippen LogP contribution in [0.2, 0.25) is 0 Å². The van der Waals surface area contributed by atoms with E-state index in [0.29, 0.717) is 25.2 Å². The summed E-state index contributed by atoms with van der Waals surface area (Å²) in [6, 6.07) is 0. The molecule has 5 saturated carbocycles. The second kappa shape index (κ2) is 9.43. The molecule has 5 rings (SSSR count). The summed E-state index contributed by atoms with van der Waals surface area (Å²) in [5, 5.41) is 21.8. The van der Waals surface area contributed by atoms with Crippen LogP contribution in [0, 0.1) is 56.7 Å². The van der Waals surface area contributed by atoms with Gasteiger partial charge in [-0.05, 0) is 112 Å². The first-order chi connectivity index (χ1) is 18.8. The molecule has 0 spiro atoms. The van der Waals surface area contributed by atoms with Gasteiger partial charge in [-0.1, -0.05) is 34.1 Å². The van der Waals surface area contributed by atoms with Gasteiger partial charge >= 0.3 is 17.9 Å². The number of hydrogen-bond acceptors (Lipinski definition) is 6. The smallest absolute Gasteiger partial charge is 0.309 e. The number of esters is 2. The number of carbonyl (C=O) groups is 3. The molecule has 5 aliphatic carbocycles. The van der Waals surface area contributed by atoms with E-state index in [1.165, 1.54) is 13.8 Å². The van der Waals surface area contributed by atoms with E-state index >= 15 is 0 Å². The maximum Gasteiger partial charge on any atom is 0.309 e. The number of fused-ring (bicyclic) bond motifs is 7. The summed E-state index contributed by atoms with van der Waals surface area (Å²) < 4.78 is 12.4. The molecule has 0 aromatic carbocycles. The normalized spacial score (nSPS) is 50.9. The molecule has 0 aromatic rings. The number of ether oxygens (including phenoxy) is 2. The van der Waals surface area contributed by atoms with Gasteiger partial charge in [0.15, 0.2) is 0 Å². The molecule has 2 N–H and O–H groups in total. The van der Waals surface area contributed by atoms with Crippen molar-refractivity contribution in [2.24, 2.45) is 56.7 Å². The van der Waals surface area contributed by atoms with Crippen molar-refractivity contribution in [3.63, 3.8) is 0 Å². The average molecular weight is 575 g/mol. The molecular weight excluding hydrogens is 520 g/mol. The van der Waals surface area contributed by atoms with Crippen LogP contribution in [-0.2, 0) is 23.9 Å². The fourth-order valence-corrected chi connectivity index (χ4v) is 12.9. The zero-order valence-corrected chi connectivity index (χ0v) is 26.8. The minimum Gasteiger partial charge on any atom is -0.481 e. The lowest BCUT2D eigenvalue weighted by Crippen LogP contribution is -2.71. The van der Waals surface area contributed by atoms with E-state index in [0.717, 1.165) is 38.5 Å². The van der Waals surface area contributed by atoms with Crippen molar-refractivity contribution in [1.29, 1.82) is 0 Å². The topological polar surface area (TPSA) is 110 Å². The van der Waals surface area contributed by atoms with Crippen LogP contribution < -0.4 is 0 Å². The van der Waals surface area contributed by atoms with E-state index in [1.807, 2.05) is 20.8 Å². The number of hydrogen-bond donors (Lipinski definition) is 2. The molecule has 5 aliphatic rings. The summed E-state index contributed by atoms with van der Waals surface area (Å²) in [6.07, 6.45) is 6.85. The summed E-state index contributed by atoms with van der Waals surface area (Å²) in [5.74, 6) is -0.950. The van der Waals surface area contributed by atoms with Crippen LogP contribution in [0.3, 0.4) is 0 Å². The Hall–Kier alpha value is -1.63. The Morgan fingerprint density at radius 3 is 1.78 bits per heavy atom. The highest BCUT2D eigenvalue weighted by molar-refractivity contribution is 5.75. The predicted molar refractivity (Wildman–Crippen MR) is 155 cm³/mol. The zero-order valence-electron chi connectivity index (χ0n) is 26.8. The van der Waals surface area contributed by atoms with Gasteiger partial charge in [-0.2, -0.15) is 0 Å². The number of rotatable bonds is 4. The molecule has 41 heavy (non-hydrogen) atoms. The third-order valence-electron chi connectivity index (χ3n) is 14.2. The Labute approximate surface area is 246 Å². The molecule has 0 amide bonds. The first kappa shape index (κ1) is 30.8. The first-order valence-corrected chi connectivity index (χ1v) is 16.1. The third-order valence-corrected chi connectivity index (χ3v) is 14.2. The van der Waals surface area contributed by atoms with Crippen LogP contribution in [-0.4, -0.2) is 45.9 Å². The van der Waals surface area contributed by atoms with Crippen molar-refractivity contribution in [3.05, 3.63) is 0 Å². The Morgan fingerprint density at radius 1 is 0.756 bits per heavy atom. The summed E-state index contributed by atoms with van der Waals surface area (Å²) in [7, 11) is 0. The number of carbonyl (C=O) groups excluding carboxylic acids is 2. The summed E-state index contributed by atoms with van der Waals surface area (Å²) in [6.45, 7) is 18.0. The maximum absolute atomic E-state index is 12.9. The highest BCUT2D eigenvalue weighted by atomic mass is 16.5. The van der Waals surface area contributed by atoms with Crippen molar-refractivity contribution in [2.45, 2.75) is 138 Å². The quantitative estimate of drug-likeness (QED) is 0.374. The molecule has 7 nitrogen and oxygen atoms in total. The van der Waals surface area contributed by atoms with Gasteiger partial charge < -0.3 is 19.7 Å². The number of carboxylic acid groups (broad SMARTS) is 1. The molecule has 0 radical (unpaired) electrons. The molecule has 5 fully saturated rings. The molecule has 12 atom stereocenters. The molecule has 0 bridgehead atoms. The number of carboxylic acids is 1. The molecule has 232 valence electrons. The molecule has 0 aromatic heterocycles. The summed E-state index contributed by atoms with van der Waals surface area (Å²) in [5.41, 5.74) is -2.71. The minimum atomic E-state index is -0.957. The van der Waals surface area contributed by atoms with E-state index in [4.69, 9.17) is 9.47 Å². The second-order valence-corrected chi connectivity index (χ2v) is 16.6. The van der Waals surface area contributed by atoms with E-state index in [2.05, 4.69) is 27.7 Å². The molecule has 0 saturated heterocycles. The minimum absolute atomic E-state index is 0.0450. The first-order valence-electron chi connectivity index (χ1n) is 16.1. The second-order valence-electron chi connectivity index (χ2n) is 16.6. The van der Waals surface area contributed by atoms with Crippen molar-refractivity contribution in [3.8, 4) is 0 Å². The third kappa shape index (κ3) is 4.17. The molecule has 0 unspecified atom stereocenters. The Bertz CT molecular complexity index is 1110. The van der Waals surface area contributed by atoms with Crippen LogP contribution in [0.25, 0.3) is 0 Å². The van der Waals surface area contributed by atoms with Crippen molar-refractivity contribution in [1.82, 2.24) is 0 Å². The molecule has 0 aliphatic heterocycles. The van der Waals surface area contributed by atoms with Crippen LogP contribution >= 0.6 is 0 Å². The average Bonchev–Trinajstić information content (AvgIpc) is 3.17. The molecule has 0 heterocycles. The van der Waals surface area contributed by atoms with Gasteiger partial charge in [-0.3, -0.25) is 14.4 Å². The van der Waals surface area contributed by atoms with E-state index in [9.17, 15) is 24.6 Å². The lowest BCUT2D eigenvalue weighted by atomic mass is 9.31. The van der Waals surface area contributed by atoms with Gasteiger partial charge in [0.1, 0.15) is 12.2 Å². The van der Waals surface area contributed by atoms with Crippen LogP contribution in [0.1, 0.15) is 120 Å². The monoisotopic (exact) mass is 574 g/mol. The SMILES string of the molecule is CC(=O)O[C@H]1C[C@]2(C)[C@H](CC[C@@H]3[C@@]4(C)CCC[C@](C)(C(=O)O)[C@@H]4[C@@H](OC(C)=O)C[C@]32C)[C@@]2(C)CC[C@H](C(C)(C)O)[C@H]12. The Morgan fingerprint density at radius 2 is 1.27 bits per heavy atom. The van der Waals surface area contributed by atoms with Crippen LogP contribution in [0.5, 0.6) is 0 Å². The van der Waals surface area contributed by atoms with Gasteiger partial charge in [0.25, 0.3) is 0 Å². The largest absolute Gasteiger partial charge is 0.481 e. The van der Waals surface area contributed by atoms with Gasteiger partial charge in [0.05, 0.1) is 11.0 Å². The molecular formula is C34H54O7. The van der Waals surface area contributed by atoms with Crippen molar-refractivity contribution >= 4 is 17.9 Å². The lowest BCUT2D eigenvalue weighted by Gasteiger charge is -2.74. The Balaban J connectivity index is 1.65. The fraction of sp³-hybridized carbons (Fsp3) is 0.912. The van der Waals surface area contributed by atoms with Gasteiger partial charge in [0, 0.05) is 25.7 Å². The zero-order chi connectivity index (χ0) is 30.6. The summed E-state index contributed by atoms with van der Waals surface area (Å²) in [4.78, 5) is 37.9. The van der Waals surface area contributed by atoms with Crippen LogP contribution in [0.15, 0.2) is 0 Å². The van der Waals surface area contributed by atoms with E-state index in [-0.39, 0.29) is 63.4 Å². The molecule has 7 heteroatoms. The van der Waals surface area contributed by atoms with E-state index in [1.54, 1.807) is 0 Å². The predicted octanol–water partition coefficient (Wildman–Crippen LogP) is 6.40. The lowest BCUT2D eigenvalue weighted by molar-refractivity contribution is -0.284. The van der Waals surface area contributed by atoms with Gasteiger partial charge in [0.2, 0.25) is 0 Å². The number of aliphatic hydroxyl groups is 1. The van der Waals surface area contributed by atoms with Crippen molar-refractivity contribution < 1.29 is 34.1 Å². The maximum atomic E-state index is 12.9. The van der Waals surface area contributed by atoms with Gasteiger partial charge in [-0.25, -0.2) is 0 Å². The highest BCUT2D eigenvalue weighted by Gasteiger charge is 2.75. The highest BCUT2D eigenvalue weighted by Crippen LogP contribution is 2.78. The Kier molecular flexibility index (Phi) is 7.09. The fourth-order valence-electron chi connectivity index (χ4n) is 12.9. The van der Waals surface area contributed by atoms with E-state index < -0.39 is 23.1 Å².